The third-order valence-corrected chi connectivity index (χ3v) is 7.16. The molecule has 1 heterocycles. The first-order valence-corrected chi connectivity index (χ1v) is 11.1. The predicted molar refractivity (Wildman–Crippen MR) is 116 cm³/mol. The summed E-state index contributed by atoms with van der Waals surface area (Å²) in [6, 6.07) is 9.21. The summed E-state index contributed by atoms with van der Waals surface area (Å²) in [6.07, 6.45) is 2.28. The van der Waals surface area contributed by atoms with Crippen molar-refractivity contribution in [3.63, 3.8) is 0 Å². The highest BCUT2D eigenvalue weighted by atomic mass is 35.5. The molecule has 1 aliphatic carbocycles. The van der Waals surface area contributed by atoms with Gasteiger partial charge in [-0.2, -0.15) is 0 Å². The number of carbonyl (C=O) groups excluding carboxylic acids is 1. The van der Waals surface area contributed by atoms with Crippen molar-refractivity contribution in [1.82, 2.24) is 10.2 Å². The van der Waals surface area contributed by atoms with Gasteiger partial charge in [-0.25, -0.2) is 8.78 Å². The third-order valence-electron chi connectivity index (χ3n) is 6.30. The summed E-state index contributed by atoms with van der Waals surface area (Å²) in [5, 5.41) is 4.13. The van der Waals surface area contributed by atoms with Gasteiger partial charge >= 0.3 is 0 Å². The molecule has 166 valence electrons. The van der Waals surface area contributed by atoms with Crippen LogP contribution in [0.3, 0.4) is 0 Å². The Labute approximate surface area is 190 Å². The zero-order chi connectivity index (χ0) is 22.2. The lowest BCUT2D eigenvalue weighted by molar-refractivity contribution is -0.155. The van der Waals surface area contributed by atoms with Crippen molar-refractivity contribution in [2.75, 3.05) is 20.2 Å². The predicted octanol–water partition coefficient (Wildman–Crippen LogP) is 4.91. The van der Waals surface area contributed by atoms with Gasteiger partial charge in [0.15, 0.2) is 11.6 Å². The molecule has 0 radical (unpaired) electrons. The minimum atomic E-state index is -1.05. The molecule has 0 bridgehead atoms. The lowest BCUT2D eigenvalue weighted by atomic mass is 9.75. The fraction of sp³-hybridized carbons (Fsp3) is 0.435. The van der Waals surface area contributed by atoms with Gasteiger partial charge < -0.3 is 15.0 Å². The van der Waals surface area contributed by atoms with E-state index in [0.717, 1.165) is 30.5 Å². The first-order chi connectivity index (χ1) is 14.9. The molecule has 2 aliphatic rings. The van der Waals surface area contributed by atoms with Gasteiger partial charge in [-0.15, -0.1) is 0 Å². The molecule has 0 aromatic heterocycles. The second kappa shape index (κ2) is 9.02. The largest absolute Gasteiger partial charge is 0.373 e. The number of hydrogen-bond donors (Lipinski definition) is 1. The first-order valence-electron chi connectivity index (χ1n) is 10.3. The molecular formula is C23H24Cl2F2N2O2. The number of methoxy groups -OCH3 is 1. The number of rotatable bonds is 6. The van der Waals surface area contributed by atoms with E-state index >= 15 is 0 Å². The number of carbonyl (C=O) groups is 1. The Morgan fingerprint density at radius 2 is 2.00 bits per heavy atom. The Kier molecular flexibility index (Phi) is 6.54. The number of hydrogen-bond acceptors (Lipinski definition) is 3. The van der Waals surface area contributed by atoms with Crippen LogP contribution in [0.5, 0.6) is 0 Å². The fourth-order valence-corrected chi connectivity index (χ4v) is 4.82. The van der Waals surface area contributed by atoms with E-state index in [9.17, 15) is 13.6 Å². The van der Waals surface area contributed by atoms with Gasteiger partial charge in [-0.3, -0.25) is 4.79 Å². The van der Waals surface area contributed by atoms with Crippen molar-refractivity contribution in [3.05, 3.63) is 69.2 Å². The van der Waals surface area contributed by atoms with Crippen LogP contribution >= 0.6 is 23.2 Å². The molecule has 1 saturated carbocycles. The molecule has 8 heteroatoms. The van der Waals surface area contributed by atoms with Crippen LogP contribution in [-0.2, 0) is 21.7 Å². The summed E-state index contributed by atoms with van der Waals surface area (Å²) in [5.41, 5.74) is 0.182. The van der Waals surface area contributed by atoms with Gasteiger partial charge in [0, 0.05) is 26.2 Å². The van der Waals surface area contributed by atoms with Crippen molar-refractivity contribution in [2.45, 2.75) is 37.5 Å². The monoisotopic (exact) mass is 468 g/mol. The topological polar surface area (TPSA) is 41.6 Å². The van der Waals surface area contributed by atoms with Crippen LogP contribution in [0.15, 0.2) is 36.4 Å². The highest BCUT2D eigenvalue weighted by Gasteiger charge is 2.50. The maximum Gasteiger partial charge on any atom is 0.230 e. The number of benzene rings is 2. The molecule has 2 aromatic carbocycles. The molecule has 4 rings (SSSR count). The Morgan fingerprint density at radius 1 is 1.23 bits per heavy atom. The molecule has 0 spiro atoms. The summed E-state index contributed by atoms with van der Waals surface area (Å²) in [6.45, 7) is 1.30. The summed E-state index contributed by atoms with van der Waals surface area (Å²) < 4.78 is 33.6. The molecule has 1 N–H and O–H groups in total. The van der Waals surface area contributed by atoms with E-state index in [1.54, 1.807) is 6.07 Å². The number of amides is 1. The molecule has 2 aromatic rings. The molecule has 0 unspecified atom stereocenters. The second-order valence-electron chi connectivity index (χ2n) is 8.14. The molecule has 31 heavy (non-hydrogen) atoms. The third kappa shape index (κ3) is 4.31. The maximum absolute atomic E-state index is 14.1. The van der Waals surface area contributed by atoms with Crippen LogP contribution in [0.2, 0.25) is 10.0 Å². The summed E-state index contributed by atoms with van der Waals surface area (Å²) >= 11 is 12.5. The second-order valence-corrected chi connectivity index (χ2v) is 8.92. The fourth-order valence-electron chi connectivity index (χ4n) is 4.44. The smallest absolute Gasteiger partial charge is 0.230 e. The maximum atomic E-state index is 14.1. The highest BCUT2D eigenvalue weighted by Crippen LogP contribution is 2.42. The van der Waals surface area contributed by atoms with Crippen molar-refractivity contribution in [2.24, 2.45) is 5.92 Å². The minimum absolute atomic E-state index is 0.0997. The first kappa shape index (κ1) is 22.5. The lowest BCUT2D eigenvalue weighted by Gasteiger charge is -2.44. The van der Waals surface area contributed by atoms with E-state index < -0.39 is 23.2 Å². The van der Waals surface area contributed by atoms with E-state index in [0.29, 0.717) is 41.7 Å². The average molecular weight is 469 g/mol. The van der Waals surface area contributed by atoms with Crippen LogP contribution in [0.4, 0.5) is 8.78 Å². The van der Waals surface area contributed by atoms with Crippen molar-refractivity contribution in [1.29, 1.82) is 0 Å². The summed E-state index contributed by atoms with van der Waals surface area (Å²) in [5.74, 6) is -2.59. The molecule has 1 amide bonds. The molecule has 1 saturated heterocycles. The van der Waals surface area contributed by atoms with Crippen LogP contribution in [-0.4, -0.2) is 37.0 Å². The lowest BCUT2D eigenvalue weighted by Crippen LogP contribution is -2.56. The Hall–Kier alpha value is -1.73. The Morgan fingerprint density at radius 3 is 2.68 bits per heavy atom. The Bertz CT molecular complexity index is 986. The number of nitrogens with zero attached hydrogens (tertiary/aromatic N) is 1. The van der Waals surface area contributed by atoms with Crippen molar-refractivity contribution in [3.8, 4) is 0 Å². The van der Waals surface area contributed by atoms with E-state index in [2.05, 4.69) is 5.32 Å². The van der Waals surface area contributed by atoms with Crippen LogP contribution in [0.25, 0.3) is 0 Å². The zero-order valence-corrected chi connectivity index (χ0v) is 18.6. The van der Waals surface area contributed by atoms with Crippen LogP contribution in [0, 0.1) is 17.6 Å². The van der Waals surface area contributed by atoms with E-state index in [1.165, 1.54) is 13.2 Å². The van der Waals surface area contributed by atoms with Crippen molar-refractivity contribution >= 4 is 29.1 Å². The summed E-state index contributed by atoms with van der Waals surface area (Å²) in [7, 11) is 1.52. The molecular weight excluding hydrogens is 445 g/mol. The SMILES string of the molecule is CO[C@]1(c2ccc(F)c(F)c2)CCNC[C@@H]1C(=O)N(Cc1cccc(Cl)c1Cl)C1CC1. The van der Waals surface area contributed by atoms with E-state index in [-0.39, 0.29) is 11.9 Å². The van der Waals surface area contributed by atoms with Gasteiger partial charge in [-0.05, 0) is 55.1 Å². The van der Waals surface area contributed by atoms with E-state index in [4.69, 9.17) is 27.9 Å². The van der Waals surface area contributed by atoms with Gasteiger partial charge in [0.2, 0.25) is 5.91 Å². The normalized spacial score (nSPS) is 23.6. The number of piperidine rings is 1. The quantitative estimate of drug-likeness (QED) is 0.654. The summed E-state index contributed by atoms with van der Waals surface area (Å²) in [4.78, 5) is 15.7. The average Bonchev–Trinajstić information content (AvgIpc) is 3.61. The molecule has 2 fully saturated rings. The number of halogens is 4. The van der Waals surface area contributed by atoms with E-state index in [1.807, 2.05) is 17.0 Å². The van der Waals surface area contributed by atoms with Crippen molar-refractivity contribution < 1.29 is 18.3 Å². The minimum Gasteiger partial charge on any atom is -0.373 e. The molecule has 1 aliphatic heterocycles. The number of nitrogens with one attached hydrogen (secondary N) is 1. The standard InChI is InChI=1S/C23H24Cl2F2N2O2/c1-31-23(15-5-8-19(26)20(27)11-15)9-10-28-12-17(23)22(30)29(16-6-7-16)13-14-3-2-4-18(24)21(14)25/h2-5,8,11,16-17,28H,6-7,9-10,12-13H2,1H3/t17-,23+/m1/s1. The van der Waals surface area contributed by atoms with Gasteiger partial charge in [-0.1, -0.05) is 41.4 Å². The van der Waals surface area contributed by atoms with Gasteiger partial charge in [0.1, 0.15) is 5.60 Å². The highest BCUT2D eigenvalue weighted by molar-refractivity contribution is 6.42. The van der Waals surface area contributed by atoms with Crippen LogP contribution in [0.1, 0.15) is 30.4 Å². The zero-order valence-electron chi connectivity index (χ0n) is 17.1. The molecule has 2 atom stereocenters. The van der Waals surface area contributed by atoms with Crippen LogP contribution < -0.4 is 5.32 Å². The van der Waals surface area contributed by atoms with Gasteiger partial charge in [0.25, 0.3) is 0 Å². The number of ether oxygens (including phenoxy) is 1. The van der Waals surface area contributed by atoms with Gasteiger partial charge in [0.05, 0.1) is 16.0 Å². The molecule has 4 nitrogen and oxygen atoms in total. The Balaban J connectivity index is 1.69.